The van der Waals surface area contributed by atoms with Crippen LogP contribution < -0.4 is 10.1 Å². The van der Waals surface area contributed by atoms with Crippen LogP contribution in [0.1, 0.15) is 80.9 Å². The lowest BCUT2D eigenvalue weighted by Gasteiger charge is -2.45. The van der Waals surface area contributed by atoms with Crippen LogP contribution >= 0.6 is 0 Å². The number of ether oxygens (including phenoxy) is 1. The van der Waals surface area contributed by atoms with Crippen molar-refractivity contribution in [3.63, 3.8) is 0 Å². The number of nitrogens with zero attached hydrogens (tertiary/aromatic N) is 1. The number of carboxylic acid groups (broad SMARTS) is 1. The number of benzene rings is 2. The second kappa shape index (κ2) is 12.1. The van der Waals surface area contributed by atoms with Crippen molar-refractivity contribution in [3.05, 3.63) is 64.7 Å². The van der Waals surface area contributed by atoms with Crippen molar-refractivity contribution < 1.29 is 33.3 Å². The zero-order valence-electron chi connectivity index (χ0n) is 22.5. The molecular formula is C29H38F2N2O5. The van der Waals surface area contributed by atoms with Crippen molar-refractivity contribution in [2.75, 3.05) is 13.2 Å². The smallest absolute Gasteiger partial charge is 0.329 e. The van der Waals surface area contributed by atoms with Gasteiger partial charge in [-0.3, -0.25) is 0 Å². The number of unbranched alkanes of at least 4 members (excludes halogenated alkanes) is 1. The molecule has 2 unspecified atom stereocenters. The molecule has 2 amide bonds. The van der Waals surface area contributed by atoms with E-state index in [1.807, 2.05) is 57.2 Å². The maximum Gasteiger partial charge on any atom is 0.329 e. The van der Waals surface area contributed by atoms with E-state index in [2.05, 4.69) is 5.32 Å². The quantitative estimate of drug-likeness (QED) is 0.300. The average molecular weight is 533 g/mol. The number of hydrogen-bond acceptors (Lipinski definition) is 4. The van der Waals surface area contributed by atoms with Crippen LogP contribution in [0.2, 0.25) is 0 Å². The Bertz CT molecular complexity index is 1120. The number of carbonyl (C=O) groups excluding carboxylic acids is 1. The number of aliphatic hydroxyl groups excluding tert-OH is 1. The summed E-state index contributed by atoms with van der Waals surface area (Å²) in [7, 11) is 0. The van der Waals surface area contributed by atoms with Gasteiger partial charge in [-0.05, 0) is 63.6 Å². The molecule has 38 heavy (non-hydrogen) atoms. The average Bonchev–Trinajstić information content (AvgIpc) is 2.84. The number of urea groups is 1. The Kier molecular flexibility index (Phi) is 9.35. The van der Waals surface area contributed by atoms with E-state index in [4.69, 9.17) is 4.74 Å². The molecule has 0 heterocycles. The van der Waals surface area contributed by atoms with E-state index >= 15 is 0 Å². The van der Waals surface area contributed by atoms with Crippen LogP contribution in [0.4, 0.5) is 13.6 Å². The standard InChI is InChI=1S/C29H38F2N2O5/c1-5-38-25-19(2)23(14-15-24(25)21(4)34)20(3)33(16-10-9-13-22-11-7-6-8-12-22)27(37)32-28(26(35)36)17-29(30,31)18-28/h6-8,11-12,14-15,20-21,34H,5,9-10,13,16-18H2,1-4H3,(H,32,37)(H,35,36). The maximum atomic E-state index is 13.7. The number of aliphatic carboxylic acids is 1. The molecule has 0 spiro atoms. The molecule has 2 aromatic rings. The number of amides is 2. The Balaban J connectivity index is 1.86. The first kappa shape index (κ1) is 29.4. The van der Waals surface area contributed by atoms with Gasteiger partial charge in [0.25, 0.3) is 5.92 Å². The van der Waals surface area contributed by atoms with Crippen LogP contribution in [0.25, 0.3) is 0 Å². The highest BCUT2D eigenvalue weighted by molar-refractivity contribution is 5.88. The predicted molar refractivity (Wildman–Crippen MR) is 141 cm³/mol. The summed E-state index contributed by atoms with van der Waals surface area (Å²) in [6.07, 6.45) is -0.402. The van der Waals surface area contributed by atoms with E-state index in [9.17, 15) is 28.6 Å². The van der Waals surface area contributed by atoms with Gasteiger partial charge in [-0.25, -0.2) is 18.4 Å². The van der Waals surface area contributed by atoms with Crippen LogP contribution in [0.5, 0.6) is 5.75 Å². The van der Waals surface area contributed by atoms with Crippen molar-refractivity contribution in [2.45, 2.75) is 83.4 Å². The third-order valence-electron chi connectivity index (χ3n) is 7.23. The number of aliphatic hydroxyl groups is 1. The molecule has 1 aliphatic carbocycles. The lowest BCUT2D eigenvalue weighted by molar-refractivity contribution is -0.175. The molecule has 3 N–H and O–H groups in total. The first-order valence-electron chi connectivity index (χ1n) is 13.1. The molecule has 2 atom stereocenters. The number of carboxylic acids is 1. The monoisotopic (exact) mass is 532 g/mol. The van der Waals surface area contributed by atoms with Crippen molar-refractivity contribution in [1.82, 2.24) is 10.2 Å². The van der Waals surface area contributed by atoms with Gasteiger partial charge in [0.2, 0.25) is 0 Å². The van der Waals surface area contributed by atoms with Crippen molar-refractivity contribution in [2.24, 2.45) is 0 Å². The molecule has 0 aliphatic heterocycles. The largest absolute Gasteiger partial charge is 0.493 e. The molecule has 7 nitrogen and oxygen atoms in total. The number of rotatable bonds is 12. The van der Waals surface area contributed by atoms with Gasteiger partial charge in [0, 0.05) is 24.9 Å². The van der Waals surface area contributed by atoms with Gasteiger partial charge in [-0.2, -0.15) is 0 Å². The first-order chi connectivity index (χ1) is 17.9. The van der Waals surface area contributed by atoms with Gasteiger partial charge < -0.3 is 25.2 Å². The molecule has 208 valence electrons. The number of nitrogens with one attached hydrogen (secondary N) is 1. The van der Waals surface area contributed by atoms with Crippen LogP contribution in [0, 0.1) is 6.92 Å². The van der Waals surface area contributed by atoms with E-state index in [-0.39, 0.29) is 0 Å². The van der Waals surface area contributed by atoms with Crippen LogP contribution in [-0.4, -0.2) is 51.7 Å². The van der Waals surface area contributed by atoms with E-state index in [1.165, 1.54) is 10.5 Å². The minimum absolute atomic E-state index is 0.299. The molecule has 0 radical (unpaired) electrons. The number of hydrogen-bond donors (Lipinski definition) is 3. The van der Waals surface area contributed by atoms with Gasteiger partial charge in [0.05, 0.1) is 18.8 Å². The normalized spacial score (nSPS) is 17.1. The molecule has 0 saturated heterocycles. The summed E-state index contributed by atoms with van der Waals surface area (Å²) in [6.45, 7) is 7.84. The highest BCUT2D eigenvalue weighted by atomic mass is 19.3. The summed E-state index contributed by atoms with van der Waals surface area (Å²) < 4.78 is 33.2. The highest BCUT2D eigenvalue weighted by Gasteiger charge is 2.62. The van der Waals surface area contributed by atoms with E-state index in [1.54, 1.807) is 13.0 Å². The minimum atomic E-state index is -3.13. The molecule has 0 aromatic heterocycles. The lowest BCUT2D eigenvalue weighted by atomic mass is 9.73. The van der Waals surface area contributed by atoms with Crippen LogP contribution in [0.3, 0.4) is 0 Å². The second-order valence-corrected chi connectivity index (χ2v) is 10.1. The Morgan fingerprint density at radius 2 is 1.71 bits per heavy atom. The van der Waals surface area contributed by atoms with Crippen LogP contribution in [-0.2, 0) is 11.2 Å². The van der Waals surface area contributed by atoms with Gasteiger partial charge >= 0.3 is 12.0 Å². The third-order valence-corrected chi connectivity index (χ3v) is 7.23. The summed E-state index contributed by atoms with van der Waals surface area (Å²) >= 11 is 0. The molecule has 2 aromatic carbocycles. The Labute approximate surface area is 222 Å². The minimum Gasteiger partial charge on any atom is -0.493 e. The SMILES string of the molecule is CCOc1c(C(C)O)ccc(C(C)N(CCCCc2ccccc2)C(=O)NC2(C(=O)O)CC(F)(F)C2)c1C. The number of halogens is 2. The molecular weight excluding hydrogens is 494 g/mol. The van der Waals surface area contributed by atoms with Gasteiger partial charge in [0.1, 0.15) is 5.75 Å². The predicted octanol–water partition coefficient (Wildman–Crippen LogP) is 5.80. The Hall–Kier alpha value is -3.20. The molecule has 1 saturated carbocycles. The fraction of sp³-hybridized carbons (Fsp3) is 0.517. The summed E-state index contributed by atoms with van der Waals surface area (Å²) in [5.41, 5.74) is 1.32. The molecule has 1 aliphatic rings. The molecule has 1 fully saturated rings. The molecule has 9 heteroatoms. The summed E-state index contributed by atoms with van der Waals surface area (Å²) in [6, 6.07) is 12.3. The van der Waals surface area contributed by atoms with Crippen molar-refractivity contribution >= 4 is 12.0 Å². The van der Waals surface area contributed by atoms with E-state index in [0.717, 1.165) is 24.0 Å². The van der Waals surface area contributed by atoms with Gasteiger partial charge in [-0.1, -0.05) is 42.5 Å². The maximum absolute atomic E-state index is 13.7. The lowest BCUT2D eigenvalue weighted by Crippen LogP contribution is -2.68. The topological polar surface area (TPSA) is 99.1 Å². The summed E-state index contributed by atoms with van der Waals surface area (Å²) in [5.74, 6) is -4.06. The molecule has 0 bridgehead atoms. The number of aryl methyl sites for hydroxylation is 1. The number of carbonyl (C=O) groups is 2. The van der Waals surface area contributed by atoms with Crippen molar-refractivity contribution in [3.8, 4) is 5.75 Å². The third kappa shape index (κ3) is 6.62. The zero-order chi connectivity index (χ0) is 28.1. The van der Waals surface area contributed by atoms with E-state index < -0.39 is 48.4 Å². The highest BCUT2D eigenvalue weighted by Crippen LogP contribution is 2.46. The Morgan fingerprint density at radius 1 is 1.08 bits per heavy atom. The fourth-order valence-electron chi connectivity index (χ4n) is 5.14. The number of alkyl halides is 2. The zero-order valence-corrected chi connectivity index (χ0v) is 22.5. The van der Waals surface area contributed by atoms with E-state index in [0.29, 0.717) is 30.9 Å². The van der Waals surface area contributed by atoms with Gasteiger partial charge in [-0.15, -0.1) is 0 Å². The Morgan fingerprint density at radius 3 is 2.26 bits per heavy atom. The summed E-state index contributed by atoms with van der Waals surface area (Å²) in [5, 5.41) is 22.3. The second-order valence-electron chi connectivity index (χ2n) is 10.1. The molecule has 3 rings (SSSR count). The van der Waals surface area contributed by atoms with Crippen LogP contribution in [0.15, 0.2) is 42.5 Å². The summed E-state index contributed by atoms with van der Waals surface area (Å²) in [4.78, 5) is 26.9. The fourth-order valence-corrected chi connectivity index (χ4v) is 5.14. The first-order valence-corrected chi connectivity index (χ1v) is 13.1. The van der Waals surface area contributed by atoms with Gasteiger partial charge in [0.15, 0.2) is 5.54 Å². The van der Waals surface area contributed by atoms with Crippen molar-refractivity contribution in [1.29, 1.82) is 0 Å².